The van der Waals surface area contributed by atoms with Gasteiger partial charge in [-0.2, -0.15) is 0 Å². The van der Waals surface area contributed by atoms with E-state index in [4.69, 9.17) is 24.1 Å². The van der Waals surface area contributed by atoms with Crippen LogP contribution in [0.25, 0.3) is 0 Å². The van der Waals surface area contributed by atoms with Crippen LogP contribution in [0.2, 0.25) is 0 Å². The third-order valence-electron chi connectivity index (χ3n) is 5.82. The second kappa shape index (κ2) is 15.6. The van der Waals surface area contributed by atoms with E-state index in [2.05, 4.69) is 16.0 Å². The first-order valence-corrected chi connectivity index (χ1v) is 12.7. The molecule has 1 aromatic rings. The summed E-state index contributed by atoms with van der Waals surface area (Å²) in [7, 11) is 0. The van der Waals surface area contributed by atoms with E-state index >= 15 is 0 Å². The highest BCUT2D eigenvalue weighted by molar-refractivity contribution is 6.25. The van der Waals surface area contributed by atoms with Gasteiger partial charge in [-0.15, -0.1) is 0 Å². The van der Waals surface area contributed by atoms with Gasteiger partial charge in [-0.3, -0.25) is 34.2 Å². The zero-order valence-electron chi connectivity index (χ0n) is 21.8. The summed E-state index contributed by atoms with van der Waals surface area (Å²) in [6.07, 6.45) is 0.0765. The van der Waals surface area contributed by atoms with Crippen molar-refractivity contribution in [2.24, 2.45) is 0 Å². The first-order valence-electron chi connectivity index (χ1n) is 12.7. The fraction of sp³-hybridized carbons (Fsp3) is 0.520. The summed E-state index contributed by atoms with van der Waals surface area (Å²) in [5.41, 5.74) is 0.475. The summed E-state index contributed by atoms with van der Waals surface area (Å²) in [6, 6.07) is 3.53. The molecule has 1 atom stereocenters. The average Bonchev–Trinajstić information content (AvgIpc) is 3.17. The first-order chi connectivity index (χ1) is 19.3. The first kappa shape index (κ1) is 30.6. The molecule has 2 heterocycles. The van der Waals surface area contributed by atoms with Crippen molar-refractivity contribution in [1.82, 2.24) is 15.5 Å². The third kappa shape index (κ3) is 8.81. The Morgan fingerprint density at radius 3 is 2.23 bits per heavy atom. The Kier molecular flexibility index (Phi) is 12.0. The number of piperidine rings is 1. The molecule has 15 heteroatoms. The molecule has 1 saturated heterocycles. The molecule has 1 unspecified atom stereocenters. The van der Waals surface area contributed by atoms with E-state index < -0.39 is 35.6 Å². The predicted octanol–water partition coefficient (Wildman–Crippen LogP) is -1.23. The number of carbonyl (C=O) groups excluding carboxylic acids is 5. The number of carboxylic acids is 1. The quantitative estimate of drug-likeness (QED) is 0.122. The zero-order valence-corrected chi connectivity index (χ0v) is 21.8. The number of carboxylic acid groups (broad SMARTS) is 1. The van der Waals surface area contributed by atoms with E-state index in [-0.39, 0.29) is 75.1 Å². The monoisotopic (exact) mass is 564 g/mol. The fourth-order valence-electron chi connectivity index (χ4n) is 3.98. The van der Waals surface area contributed by atoms with E-state index in [1.54, 1.807) is 12.1 Å². The maximum atomic E-state index is 13.1. The molecule has 0 spiro atoms. The van der Waals surface area contributed by atoms with Gasteiger partial charge in [0.25, 0.3) is 11.8 Å². The Labute approximate surface area is 229 Å². The van der Waals surface area contributed by atoms with Gasteiger partial charge in [0, 0.05) is 18.7 Å². The summed E-state index contributed by atoms with van der Waals surface area (Å²) >= 11 is 0. The van der Waals surface area contributed by atoms with Crippen LogP contribution in [0.1, 0.15) is 33.6 Å². The Morgan fingerprint density at radius 1 is 0.925 bits per heavy atom. The van der Waals surface area contributed by atoms with E-state index in [9.17, 15) is 28.8 Å². The molecule has 15 nitrogen and oxygen atoms in total. The van der Waals surface area contributed by atoms with Crippen molar-refractivity contribution >= 4 is 41.2 Å². The van der Waals surface area contributed by atoms with Gasteiger partial charge in [-0.1, -0.05) is 6.07 Å². The standard InChI is InChI=1S/C25H32N4O11/c30-19-5-4-18(23(34)28-19)29-24(35)16-2-1-3-17(22(16)25(29)36)27-14-20(31)26-6-7-37-8-9-38-10-11-39-12-13-40-15-21(32)33/h1-3,18,27H,4-15H2,(H,26,31)(H,32,33)(H,28,30,34). The minimum Gasteiger partial charge on any atom is -0.480 e. The normalized spacial score (nSPS) is 16.6. The predicted molar refractivity (Wildman–Crippen MR) is 136 cm³/mol. The SMILES string of the molecule is O=C(O)COCCOCCOCCOCCNC(=O)CNc1cccc2c1C(=O)N(C1CCC(=O)NC1=O)C2=O. The van der Waals surface area contributed by atoms with Crippen molar-refractivity contribution < 1.29 is 52.8 Å². The van der Waals surface area contributed by atoms with E-state index in [1.807, 2.05) is 0 Å². The van der Waals surface area contributed by atoms with Gasteiger partial charge in [0.15, 0.2) is 0 Å². The molecule has 0 saturated carbocycles. The van der Waals surface area contributed by atoms with Crippen LogP contribution in [-0.4, -0.2) is 117 Å². The Hall–Kier alpha value is -3.92. The van der Waals surface area contributed by atoms with Crippen molar-refractivity contribution in [2.45, 2.75) is 18.9 Å². The lowest BCUT2D eigenvalue weighted by Crippen LogP contribution is -2.54. The molecule has 2 aliphatic heterocycles. The van der Waals surface area contributed by atoms with Gasteiger partial charge < -0.3 is 34.7 Å². The van der Waals surface area contributed by atoms with E-state index in [0.717, 1.165) is 4.90 Å². The lowest BCUT2D eigenvalue weighted by Gasteiger charge is -2.27. The molecule has 1 aromatic carbocycles. The highest BCUT2D eigenvalue weighted by atomic mass is 16.6. The number of fused-ring (bicyclic) bond motifs is 1. The maximum Gasteiger partial charge on any atom is 0.329 e. The molecule has 2 aliphatic rings. The van der Waals surface area contributed by atoms with Crippen molar-refractivity contribution in [3.63, 3.8) is 0 Å². The number of nitrogens with one attached hydrogen (secondary N) is 3. The molecular weight excluding hydrogens is 532 g/mol. The summed E-state index contributed by atoms with van der Waals surface area (Å²) in [5.74, 6) is -3.83. The fourth-order valence-corrected chi connectivity index (χ4v) is 3.98. The van der Waals surface area contributed by atoms with Crippen LogP contribution in [0.3, 0.4) is 0 Å². The van der Waals surface area contributed by atoms with Gasteiger partial charge in [0.1, 0.15) is 12.6 Å². The number of benzene rings is 1. The molecule has 5 amide bonds. The van der Waals surface area contributed by atoms with E-state index in [1.165, 1.54) is 6.07 Å². The van der Waals surface area contributed by atoms with Crippen molar-refractivity contribution in [1.29, 1.82) is 0 Å². The second-order valence-corrected chi connectivity index (χ2v) is 8.66. The smallest absolute Gasteiger partial charge is 0.329 e. The molecule has 40 heavy (non-hydrogen) atoms. The number of hydrogen-bond acceptors (Lipinski definition) is 11. The molecule has 1 fully saturated rings. The molecule has 0 radical (unpaired) electrons. The van der Waals surface area contributed by atoms with Crippen LogP contribution in [-0.2, 0) is 38.1 Å². The highest BCUT2D eigenvalue weighted by Crippen LogP contribution is 2.32. The zero-order chi connectivity index (χ0) is 28.9. The summed E-state index contributed by atoms with van der Waals surface area (Å²) in [5, 5.41) is 16.1. The topological polar surface area (TPSA) is 199 Å². The number of nitrogens with zero attached hydrogens (tertiary/aromatic N) is 1. The molecule has 0 bridgehead atoms. The molecule has 0 aromatic heterocycles. The van der Waals surface area contributed by atoms with Crippen molar-refractivity contribution in [3.8, 4) is 0 Å². The molecule has 0 aliphatic carbocycles. The van der Waals surface area contributed by atoms with Crippen molar-refractivity contribution in [3.05, 3.63) is 29.3 Å². The molecular formula is C25H32N4O11. The lowest BCUT2D eigenvalue weighted by atomic mass is 10.0. The Morgan fingerprint density at radius 2 is 1.57 bits per heavy atom. The number of anilines is 1. The van der Waals surface area contributed by atoms with Gasteiger partial charge in [0.05, 0.1) is 63.9 Å². The van der Waals surface area contributed by atoms with Crippen LogP contribution >= 0.6 is 0 Å². The maximum absolute atomic E-state index is 13.1. The van der Waals surface area contributed by atoms with E-state index in [0.29, 0.717) is 26.4 Å². The van der Waals surface area contributed by atoms with Crippen LogP contribution in [0, 0.1) is 0 Å². The van der Waals surface area contributed by atoms with Crippen LogP contribution in [0.5, 0.6) is 0 Å². The summed E-state index contributed by atoms with van der Waals surface area (Å²) in [6.45, 7) is 1.73. The molecule has 218 valence electrons. The number of rotatable bonds is 18. The molecule has 3 rings (SSSR count). The number of carbonyl (C=O) groups is 6. The lowest BCUT2D eigenvalue weighted by molar-refractivity contribution is -0.143. The number of amides is 5. The number of ether oxygens (including phenoxy) is 4. The number of aliphatic carboxylic acids is 1. The van der Waals surface area contributed by atoms with Crippen molar-refractivity contribution in [2.75, 3.05) is 71.3 Å². The summed E-state index contributed by atoms with van der Waals surface area (Å²) < 4.78 is 20.7. The minimum atomic E-state index is -1.07. The summed E-state index contributed by atoms with van der Waals surface area (Å²) in [4.78, 5) is 73.0. The van der Waals surface area contributed by atoms with Gasteiger partial charge in [-0.25, -0.2) is 4.79 Å². The largest absolute Gasteiger partial charge is 0.480 e. The highest BCUT2D eigenvalue weighted by Gasteiger charge is 2.45. The van der Waals surface area contributed by atoms with Gasteiger partial charge >= 0.3 is 5.97 Å². The second-order valence-electron chi connectivity index (χ2n) is 8.66. The third-order valence-corrected chi connectivity index (χ3v) is 5.82. The van der Waals surface area contributed by atoms with Gasteiger partial charge in [0.2, 0.25) is 17.7 Å². The van der Waals surface area contributed by atoms with Crippen LogP contribution in [0.4, 0.5) is 5.69 Å². The van der Waals surface area contributed by atoms with Gasteiger partial charge in [-0.05, 0) is 18.6 Å². The average molecular weight is 565 g/mol. The van der Waals surface area contributed by atoms with Crippen LogP contribution < -0.4 is 16.0 Å². The van der Waals surface area contributed by atoms with Crippen LogP contribution in [0.15, 0.2) is 18.2 Å². The molecule has 4 N–H and O–H groups in total. The minimum absolute atomic E-state index is 0.0236. The Balaban J connectivity index is 1.29. The Bertz CT molecular complexity index is 1110. The number of hydrogen-bond donors (Lipinski definition) is 4. The number of imide groups is 2.